The highest BCUT2D eigenvalue weighted by atomic mass is 35.5. The average molecular weight is 520 g/mol. The van der Waals surface area contributed by atoms with E-state index >= 15 is 0 Å². The number of benzene rings is 2. The van der Waals surface area contributed by atoms with E-state index < -0.39 is 0 Å². The number of aryl methyl sites for hydroxylation is 1. The summed E-state index contributed by atoms with van der Waals surface area (Å²) in [5.74, 6) is 4.64. The van der Waals surface area contributed by atoms with E-state index in [4.69, 9.17) is 21.3 Å². The Labute approximate surface area is 228 Å². The normalized spacial score (nSPS) is 25.4. The molecular formula is C33H30ClN3O. The van der Waals surface area contributed by atoms with Crippen LogP contribution in [-0.2, 0) is 6.61 Å². The second kappa shape index (κ2) is 9.40. The second-order valence-corrected chi connectivity index (χ2v) is 12.0. The molecule has 2 heterocycles. The van der Waals surface area contributed by atoms with E-state index in [1.165, 1.54) is 43.2 Å². The summed E-state index contributed by atoms with van der Waals surface area (Å²) in [5.41, 5.74) is 6.37. The third-order valence-corrected chi connectivity index (χ3v) is 9.56. The van der Waals surface area contributed by atoms with Crippen LogP contribution in [0.3, 0.4) is 0 Å². The number of rotatable bonds is 5. The smallest absolute Gasteiger partial charge is 0.153 e. The van der Waals surface area contributed by atoms with Crippen molar-refractivity contribution >= 4 is 22.5 Å². The molecule has 4 nitrogen and oxygen atoms in total. The molecule has 2 aromatic carbocycles. The van der Waals surface area contributed by atoms with Gasteiger partial charge in [-0.1, -0.05) is 48.0 Å². The van der Waals surface area contributed by atoms with Gasteiger partial charge in [0.15, 0.2) is 5.69 Å². The molecule has 0 unspecified atom stereocenters. The number of halogens is 1. The molecule has 190 valence electrons. The number of nitrogens with zero attached hydrogens (tertiary/aromatic N) is 3. The van der Waals surface area contributed by atoms with Gasteiger partial charge in [-0.15, -0.1) is 0 Å². The predicted octanol–water partition coefficient (Wildman–Crippen LogP) is 8.25. The Balaban J connectivity index is 1.29. The maximum atomic E-state index is 9.74. The Morgan fingerprint density at radius 3 is 2.42 bits per heavy atom. The van der Waals surface area contributed by atoms with E-state index in [2.05, 4.69) is 30.1 Å². The minimum atomic E-state index is 0.316. The molecule has 38 heavy (non-hydrogen) atoms. The summed E-state index contributed by atoms with van der Waals surface area (Å²) in [7, 11) is 0. The van der Waals surface area contributed by atoms with Crippen molar-refractivity contribution in [2.45, 2.75) is 51.6 Å². The maximum Gasteiger partial charge on any atom is 0.153 e. The van der Waals surface area contributed by atoms with Gasteiger partial charge in [-0.25, -0.2) is 9.97 Å². The van der Waals surface area contributed by atoms with E-state index in [1.54, 1.807) is 6.20 Å². The van der Waals surface area contributed by atoms with Crippen LogP contribution in [0.2, 0.25) is 5.02 Å². The van der Waals surface area contributed by atoms with Crippen LogP contribution in [0, 0.1) is 41.9 Å². The van der Waals surface area contributed by atoms with Crippen molar-refractivity contribution in [1.29, 1.82) is 5.26 Å². The minimum absolute atomic E-state index is 0.316. The Hall–Kier alpha value is -3.42. The van der Waals surface area contributed by atoms with Gasteiger partial charge >= 0.3 is 0 Å². The highest BCUT2D eigenvalue weighted by molar-refractivity contribution is 6.31. The largest absolute Gasteiger partial charge is 0.488 e. The molecule has 0 amide bonds. The second-order valence-electron chi connectivity index (χ2n) is 11.6. The molecule has 0 aliphatic heterocycles. The van der Waals surface area contributed by atoms with E-state index in [-0.39, 0.29) is 0 Å². The number of fused-ring (bicyclic) bond motifs is 1. The average Bonchev–Trinajstić information content (AvgIpc) is 2.92. The van der Waals surface area contributed by atoms with Crippen LogP contribution < -0.4 is 4.74 Å². The first kappa shape index (κ1) is 23.7. The standard InChI is InChI=1S/C33H30ClN3O/c1-19-9-26(32-23-11-21-10-22(13-23)14-24(32)12-21)27(34)15-25(19)29-16-31(38-18-20-5-3-2-4-6-20)33-28(37-29)7-8-36-30(33)17-35/h2-9,15-16,21-24,32H,10-14,18H2,1H3. The minimum Gasteiger partial charge on any atom is -0.488 e. The van der Waals surface area contributed by atoms with Gasteiger partial charge in [-0.2, -0.15) is 5.26 Å². The zero-order valence-corrected chi connectivity index (χ0v) is 22.3. The summed E-state index contributed by atoms with van der Waals surface area (Å²) in [5, 5.41) is 11.2. The SMILES string of the molecule is Cc1cc(C2C3CC4CC(C3)CC2C4)c(Cl)cc1-c1cc(OCc2ccccc2)c2c(C#N)nccc2n1. The van der Waals surface area contributed by atoms with Gasteiger partial charge in [0.2, 0.25) is 0 Å². The lowest BCUT2D eigenvalue weighted by molar-refractivity contribution is -0.00275. The molecule has 5 heteroatoms. The molecule has 0 atom stereocenters. The molecule has 2 aromatic heterocycles. The first-order valence-corrected chi connectivity index (χ1v) is 14.1. The first-order valence-electron chi connectivity index (χ1n) is 13.7. The van der Waals surface area contributed by atoms with E-state index in [1.807, 2.05) is 42.5 Å². The molecule has 0 spiro atoms. The molecule has 4 aliphatic rings. The third kappa shape index (κ3) is 4.05. The molecule has 4 fully saturated rings. The number of hydrogen-bond donors (Lipinski definition) is 0. The summed E-state index contributed by atoms with van der Waals surface area (Å²) >= 11 is 7.08. The summed E-state index contributed by atoms with van der Waals surface area (Å²) in [6, 6.07) is 20.5. The molecule has 0 N–H and O–H groups in total. The van der Waals surface area contributed by atoms with E-state index in [9.17, 15) is 5.26 Å². The van der Waals surface area contributed by atoms with Crippen molar-refractivity contribution in [2.24, 2.45) is 23.7 Å². The van der Waals surface area contributed by atoms with Gasteiger partial charge in [-0.3, -0.25) is 0 Å². The maximum absolute atomic E-state index is 9.74. The Morgan fingerprint density at radius 1 is 0.974 bits per heavy atom. The third-order valence-electron chi connectivity index (χ3n) is 9.23. The van der Waals surface area contributed by atoms with Crippen molar-refractivity contribution in [1.82, 2.24) is 9.97 Å². The lowest BCUT2D eigenvalue weighted by Crippen LogP contribution is -2.43. The van der Waals surface area contributed by atoms with Crippen LogP contribution in [0.15, 0.2) is 60.8 Å². The van der Waals surface area contributed by atoms with Crippen molar-refractivity contribution in [3.63, 3.8) is 0 Å². The summed E-state index contributed by atoms with van der Waals surface area (Å²) in [6.07, 6.45) is 8.58. The van der Waals surface area contributed by atoms with Crippen molar-refractivity contribution in [2.75, 3.05) is 0 Å². The lowest BCUT2D eigenvalue weighted by Gasteiger charge is -2.54. The molecule has 4 aliphatic carbocycles. The fraction of sp³-hybridized carbons (Fsp3) is 0.364. The van der Waals surface area contributed by atoms with Gasteiger partial charge in [0, 0.05) is 22.8 Å². The van der Waals surface area contributed by atoms with E-state index in [0.29, 0.717) is 34.9 Å². The highest BCUT2D eigenvalue weighted by Crippen LogP contribution is 2.60. The summed E-state index contributed by atoms with van der Waals surface area (Å²) in [6.45, 7) is 2.55. The first-order chi connectivity index (χ1) is 18.6. The molecule has 8 rings (SSSR count). The Morgan fingerprint density at radius 2 is 1.71 bits per heavy atom. The highest BCUT2D eigenvalue weighted by Gasteiger charge is 2.49. The fourth-order valence-corrected chi connectivity index (χ4v) is 8.18. The predicted molar refractivity (Wildman–Crippen MR) is 150 cm³/mol. The Kier molecular flexibility index (Phi) is 5.86. The molecule has 4 bridgehead atoms. The Bertz CT molecular complexity index is 1550. The van der Waals surface area contributed by atoms with Crippen molar-refractivity contribution in [3.05, 3.63) is 88.2 Å². The topological polar surface area (TPSA) is 58.8 Å². The lowest BCUT2D eigenvalue weighted by atomic mass is 9.50. The molecular weight excluding hydrogens is 490 g/mol. The van der Waals surface area contributed by atoms with Crippen molar-refractivity contribution < 1.29 is 4.74 Å². The van der Waals surface area contributed by atoms with Gasteiger partial charge < -0.3 is 4.74 Å². The van der Waals surface area contributed by atoms with Gasteiger partial charge in [0.05, 0.1) is 16.6 Å². The van der Waals surface area contributed by atoms with Crippen LogP contribution in [0.1, 0.15) is 60.4 Å². The zero-order chi connectivity index (χ0) is 25.8. The number of ether oxygens (including phenoxy) is 1. The van der Waals surface area contributed by atoms with Crippen LogP contribution in [-0.4, -0.2) is 9.97 Å². The number of hydrogen-bond acceptors (Lipinski definition) is 4. The van der Waals surface area contributed by atoms with E-state index in [0.717, 1.165) is 45.5 Å². The van der Waals surface area contributed by atoms with Crippen LogP contribution in [0.25, 0.3) is 22.2 Å². The molecule has 0 saturated heterocycles. The number of pyridine rings is 2. The fourth-order valence-electron chi connectivity index (χ4n) is 7.89. The van der Waals surface area contributed by atoms with Crippen LogP contribution >= 0.6 is 11.6 Å². The summed E-state index contributed by atoms with van der Waals surface area (Å²) < 4.78 is 6.30. The van der Waals surface area contributed by atoms with Gasteiger partial charge in [-0.05, 0) is 97.4 Å². The summed E-state index contributed by atoms with van der Waals surface area (Å²) in [4.78, 5) is 9.23. The van der Waals surface area contributed by atoms with Crippen molar-refractivity contribution in [3.8, 4) is 23.1 Å². The van der Waals surface area contributed by atoms with Gasteiger partial charge in [0.1, 0.15) is 18.4 Å². The quantitative estimate of drug-likeness (QED) is 0.266. The molecule has 0 radical (unpaired) electrons. The monoisotopic (exact) mass is 519 g/mol. The molecule has 4 saturated carbocycles. The number of aromatic nitrogens is 2. The number of nitriles is 1. The van der Waals surface area contributed by atoms with Crippen LogP contribution in [0.4, 0.5) is 0 Å². The zero-order valence-electron chi connectivity index (χ0n) is 21.5. The van der Waals surface area contributed by atoms with Crippen LogP contribution in [0.5, 0.6) is 5.75 Å². The molecule has 4 aromatic rings. The van der Waals surface area contributed by atoms with Gasteiger partial charge in [0.25, 0.3) is 0 Å².